The van der Waals surface area contributed by atoms with Crippen molar-refractivity contribution in [2.75, 3.05) is 0 Å². The quantitative estimate of drug-likeness (QED) is 0.160. The molecular formula is CH6N4O2S2. The molecule has 0 aliphatic carbocycles. The Balaban J connectivity index is 4.43. The first-order valence-electron chi connectivity index (χ1n) is 1.72. The minimum absolute atomic E-state index is 0.113. The van der Waals surface area contributed by atoms with Crippen molar-refractivity contribution >= 4 is 26.1 Å². The lowest BCUT2D eigenvalue weighted by atomic mass is 11.1. The van der Waals surface area contributed by atoms with Gasteiger partial charge in [0.05, 0.1) is 0 Å². The van der Waals surface area contributed by atoms with Gasteiger partial charge in [-0.15, -0.1) is 0 Å². The standard InChI is InChI=1S/CH6N4O2S2/c2-1(3)5(4)9(6,7)8/h4H2,(H3,2,3)(H,6,7,8). The first kappa shape index (κ1) is 8.56. The molecule has 6 N–H and O–H groups in total. The lowest BCUT2D eigenvalue weighted by Crippen LogP contribution is -2.45. The molecule has 0 rings (SSSR count). The van der Waals surface area contributed by atoms with Crippen LogP contribution in [0.1, 0.15) is 0 Å². The second-order valence-electron chi connectivity index (χ2n) is 1.16. The van der Waals surface area contributed by atoms with Crippen molar-refractivity contribution in [2.24, 2.45) is 11.6 Å². The van der Waals surface area contributed by atoms with E-state index in [-0.39, 0.29) is 4.41 Å². The van der Waals surface area contributed by atoms with Crippen LogP contribution in [0.5, 0.6) is 0 Å². The van der Waals surface area contributed by atoms with Crippen LogP contribution >= 0.6 is 0 Å². The van der Waals surface area contributed by atoms with Crippen LogP contribution in [0, 0.1) is 5.41 Å². The fourth-order valence-corrected chi connectivity index (χ4v) is 0.614. The van der Waals surface area contributed by atoms with Gasteiger partial charge in [0.25, 0.3) is 0 Å². The third-order valence-electron chi connectivity index (χ3n) is 0.486. The summed E-state index contributed by atoms with van der Waals surface area (Å²) in [6.45, 7) is 0. The fraction of sp³-hybridized carbons (Fsp3) is 0. The highest BCUT2D eigenvalue weighted by Gasteiger charge is 2.10. The second-order valence-corrected chi connectivity index (χ2v) is 3.75. The number of guanidine groups is 1. The molecule has 1 unspecified atom stereocenters. The van der Waals surface area contributed by atoms with E-state index in [2.05, 4.69) is 11.2 Å². The summed E-state index contributed by atoms with van der Waals surface area (Å²) in [5.41, 5.74) is 4.70. The Morgan fingerprint density at radius 2 is 2.22 bits per heavy atom. The van der Waals surface area contributed by atoms with Gasteiger partial charge in [-0.1, -0.05) is 0 Å². The Kier molecular flexibility index (Phi) is 2.32. The summed E-state index contributed by atoms with van der Waals surface area (Å²) < 4.78 is 18.8. The van der Waals surface area contributed by atoms with Crippen LogP contribution in [0.25, 0.3) is 0 Å². The number of hydrogen-bond donors (Lipinski definition) is 4. The topological polar surface area (TPSA) is 116 Å². The first-order chi connectivity index (χ1) is 3.85. The average Bonchev–Trinajstić information content (AvgIpc) is 1.62. The van der Waals surface area contributed by atoms with Crippen molar-refractivity contribution in [1.29, 1.82) is 5.41 Å². The smallest absolute Gasteiger partial charge is 0.248 e. The molecular weight excluding hydrogens is 164 g/mol. The van der Waals surface area contributed by atoms with E-state index in [1.54, 1.807) is 0 Å². The molecule has 0 spiro atoms. The monoisotopic (exact) mass is 170 g/mol. The second kappa shape index (κ2) is 2.43. The zero-order chi connectivity index (χ0) is 7.65. The van der Waals surface area contributed by atoms with E-state index in [0.717, 1.165) is 0 Å². The van der Waals surface area contributed by atoms with Crippen molar-refractivity contribution in [3.05, 3.63) is 0 Å². The maximum atomic E-state index is 10.3. The molecule has 0 amide bonds. The fourth-order valence-electron chi connectivity index (χ4n) is 0.124. The predicted molar refractivity (Wildman–Crippen MR) is 36.1 cm³/mol. The molecule has 0 fully saturated rings. The minimum atomic E-state index is -3.71. The molecule has 0 heterocycles. The molecule has 8 heteroatoms. The maximum absolute atomic E-state index is 10.3. The SMILES string of the molecule is N=C(N)N(N)S(=O)(O)=S. The summed E-state index contributed by atoms with van der Waals surface area (Å²) in [5, 5.41) is 6.53. The van der Waals surface area contributed by atoms with Crippen molar-refractivity contribution in [2.45, 2.75) is 0 Å². The number of nitrogens with two attached hydrogens (primary N) is 2. The molecule has 0 saturated carbocycles. The summed E-state index contributed by atoms with van der Waals surface area (Å²) in [6.07, 6.45) is 0. The molecule has 6 nitrogen and oxygen atoms in total. The molecule has 54 valence electrons. The van der Waals surface area contributed by atoms with Gasteiger partial charge in [0.2, 0.25) is 14.9 Å². The third kappa shape index (κ3) is 2.56. The molecule has 0 aliphatic rings. The molecule has 1 atom stereocenters. The Bertz CT molecular complexity index is 207. The van der Waals surface area contributed by atoms with Crippen molar-refractivity contribution < 1.29 is 8.76 Å². The van der Waals surface area contributed by atoms with Gasteiger partial charge in [-0.25, -0.2) is 10.1 Å². The molecule has 0 radical (unpaired) electrons. The van der Waals surface area contributed by atoms with Gasteiger partial charge >= 0.3 is 0 Å². The number of nitrogens with one attached hydrogen (secondary N) is 1. The van der Waals surface area contributed by atoms with Crippen LogP contribution < -0.4 is 11.6 Å². The lowest BCUT2D eigenvalue weighted by Gasteiger charge is -2.12. The van der Waals surface area contributed by atoms with E-state index in [9.17, 15) is 4.21 Å². The first-order valence-corrected chi connectivity index (χ1v) is 4.12. The van der Waals surface area contributed by atoms with Gasteiger partial charge in [-0.2, -0.15) is 4.41 Å². The average molecular weight is 170 g/mol. The summed E-state index contributed by atoms with van der Waals surface area (Å²) >= 11 is 3.95. The molecule has 0 aliphatic heterocycles. The number of hydrazine groups is 1. The molecule has 0 bridgehead atoms. The number of rotatable bonds is 1. The van der Waals surface area contributed by atoms with Crippen molar-refractivity contribution in [3.8, 4) is 0 Å². The summed E-state index contributed by atoms with van der Waals surface area (Å²) in [6, 6.07) is 0. The van der Waals surface area contributed by atoms with Crippen LogP contribution in [-0.4, -0.2) is 19.1 Å². The van der Waals surface area contributed by atoms with Crippen LogP contribution in [0.15, 0.2) is 0 Å². The zero-order valence-corrected chi connectivity index (χ0v) is 5.91. The summed E-state index contributed by atoms with van der Waals surface area (Å²) in [5.74, 6) is 4.01. The highest BCUT2D eigenvalue weighted by atomic mass is 32.8. The van der Waals surface area contributed by atoms with E-state index in [0.29, 0.717) is 0 Å². The van der Waals surface area contributed by atoms with Crippen LogP contribution in [0.2, 0.25) is 0 Å². The molecule has 0 saturated heterocycles. The number of hydrogen-bond acceptors (Lipinski definition) is 4. The summed E-state index contributed by atoms with van der Waals surface area (Å²) in [4.78, 5) is 0. The Hall–Kier alpha value is -0.440. The van der Waals surface area contributed by atoms with Crippen molar-refractivity contribution in [1.82, 2.24) is 4.41 Å². The normalized spacial score (nSPS) is 16.2. The number of nitrogens with zero attached hydrogens (tertiary/aromatic N) is 1. The van der Waals surface area contributed by atoms with Gasteiger partial charge < -0.3 is 5.73 Å². The van der Waals surface area contributed by atoms with E-state index in [1.807, 2.05) is 0 Å². The molecule has 9 heavy (non-hydrogen) atoms. The van der Waals surface area contributed by atoms with E-state index in [4.69, 9.17) is 21.5 Å². The Morgan fingerprint density at radius 1 is 1.89 bits per heavy atom. The van der Waals surface area contributed by atoms with E-state index in [1.165, 1.54) is 0 Å². The highest BCUT2D eigenvalue weighted by molar-refractivity contribution is 8.28. The van der Waals surface area contributed by atoms with Gasteiger partial charge in [0.15, 0.2) is 0 Å². The highest BCUT2D eigenvalue weighted by Crippen LogP contribution is 1.85. The predicted octanol–water partition coefficient (Wildman–Crippen LogP) is -1.81. The van der Waals surface area contributed by atoms with Gasteiger partial charge in [0, 0.05) is 11.2 Å². The van der Waals surface area contributed by atoms with Gasteiger partial charge in [0.1, 0.15) is 0 Å². The maximum Gasteiger partial charge on any atom is 0.248 e. The Labute approximate surface area is 56.9 Å². The van der Waals surface area contributed by atoms with Crippen LogP contribution in [0.4, 0.5) is 0 Å². The summed E-state index contributed by atoms with van der Waals surface area (Å²) in [7, 11) is -3.71. The van der Waals surface area contributed by atoms with Crippen LogP contribution in [-0.2, 0) is 20.1 Å². The molecule has 0 aromatic heterocycles. The molecule has 0 aromatic rings. The largest absolute Gasteiger partial charge is 0.368 e. The minimum Gasteiger partial charge on any atom is -0.368 e. The van der Waals surface area contributed by atoms with Crippen LogP contribution in [0.3, 0.4) is 0 Å². The van der Waals surface area contributed by atoms with Gasteiger partial charge in [-0.05, 0) is 0 Å². The van der Waals surface area contributed by atoms with E-state index >= 15 is 0 Å². The van der Waals surface area contributed by atoms with Crippen molar-refractivity contribution in [3.63, 3.8) is 0 Å². The van der Waals surface area contributed by atoms with Gasteiger partial charge in [-0.3, -0.25) is 9.96 Å². The third-order valence-corrected chi connectivity index (χ3v) is 1.66. The Morgan fingerprint density at radius 3 is 2.22 bits per heavy atom. The molecule has 0 aromatic carbocycles. The van der Waals surface area contributed by atoms with E-state index < -0.39 is 14.9 Å². The lowest BCUT2D eigenvalue weighted by molar-refractivity contribution is 0.495. The zero-order valence-electron chi connectivity index (χ0n) is 4.27.